The van der Waals surface area contributed by atoms with Crippen LogP contribution in [0.4, 0.5) is 0 Å². The summed E-state index contributed by atoms with van der Waals surface area (Å²) in [5.74, 6) is 3.18. The van der Waals surface area contributed by atoms with Crippen LogP contribution in [-0.4, -0.2) is 11.9 Å². The predicted octanol–water partition coefficient (Wildman–Crippen LogP) is 3.70. The number of hydrogen-bond donors (Lipinski definition) is 0. The van der Waals surface area contributed by atoms with Crippen molar-refractivity contribution in [3.05, 3.63) is 29.8 Å². The van der Waals surface area contributed by atoms with Crippen molar-refractivity contribution in [3.63, 3.8) is 0 Å². The van der Waals surface area contributed by atoms with Crippen molar-refractivity contribution in [1.82, 2.24) is 0 Å². The number of rotatable bonds is 4. The van der Waals surface area contributed by atoms with E-state index in [1.165, 1.54) is 6.42 Å². The summed E-state index contributed by atoms with van der Waals surface area (Å²) < 4.78 is 5.59. The molecule has 0 radical (unpaired) electrons. The highest BCUT2D eigenvalue weighted by molar-refractivity contribution is 5.98. The van der Waals surface area contributed by atoms with Crippen molar-refractivity contribution in [3.8, 4) is 5.75 Å². The molecule has 0 saturated heterocycles. The van der Waals surface area contributed by atoms with Gasteiger partial charge in [-0.1, -0.05) is 0 Å². The average molecular weight is 244 g/mol. The second-order valence-electron chi connectivity index (χ2n) is 5.98. The molecule has 2 nitrogen and oxygen atoms in total. The first-order valence-electron chi connectivity index (χ1n) is 6.94. The standard InChI is InChI=1S/C16H20O2/c1-10(2)18-15-5-3-11(4-6-15)16(17)14-8-12-7-13(12)9-14/h3-6,10,12-14H,7-9H2,1-2H3. The lowest BCUT2D eigenvalue weighted by atomic mass is 9.93. The molecule has 0 N–H and O–H groups in total. The van der Waals surface area contributed by atoms with Crippen LogP contribution in [0.5, 0.6) is 5.75 Å². The molecule has 0 amide bonds. The summed E-state index contributed by atoms with van der Waals surface area (Å²) in [6, 6.07) is 7.62. The Hall–Kier alpha value is -1.31. The van der Waals surface area contributed by atoms with Crippen LogP contribution >= 0.6 is 0 Å². The summed E-state index contributed by atoms with van der Waals surface area (Å²) in [5.41, 5.74) is 0.845. The maximum absolute atomic E-state index is 12.3. The van der Waals surface area contributed by atoms with E-state index in [0.717, 1.165) is 36.0 Å². The minimum Gasteiger partial charge on any atom is -0.491 e. The fourth-order valence-electron chi connectivity index (χ4n) is 3.13. The van der Waals surface area contributed by atoms with Gasteiger partial charge in [0.15, 0.2) is 5.78 Å². The lowest BCUT2D eigenvalue weighted by Gasteiger charge is -2.12. The van der Waals surface area contributed by atoms with Gasteiger partial charge in [-0.25, -0.2) is 0 Å². The van der Waals surface area contributed by atoms with Crippen molar-refractivity contribution < 1.29 is 9.53 Å². The van der Waals surface area contributed by atoms with Gasteiger partial charge in [-0.05, 0) is 69.2 Å². The van der Waals surface area contributed by atoms with Gasteiger partial charge in [-0.15, -0.1) is 0 Å². The molecular formula is C16H20O2. The normalized spacial score (nSPS) is 29.2. The van der Waals surface area contributed by atoms with Crippen LogP contribution in [-0.2, 0) is 0 Å². The maximum Gasteiger partial charge on any atom is 0.165 e. The van der Waals surface area contributed by atoms with Crippen LogP contribution in [0.15, 0.2) is 24.3 Å². The van der Waals surface area contributed by atoms with Gasteiger partial charge >= 0.3 is 0 Å². The molecule has 18 heavy (non-hydrogen) atoms. The van der Waals surface area contributed by atoms with Crippen LogP contribution in [0.3, 0.4) is 0 Å². The molecule has 1 aromatic rings. The SMILES string of the molecule is CC(C)Oc1ccc(C(=O)C2CC3CC3C2)cc1. The second kappa shape index (κ2) is 4.42. The van der Waals surface area contributed by atoms with Crippen molar-refractivity contribution in [2.75, 3.05) is 0 Å². The summed E-state index contributed by atoms with van der Waals surface area (Å²) in [7, 11) is 0. The molecule has 2 saturated carbocycles. The Balaban J connectivity index is 1.66. The van der Waals surface area contributed by atoms with Crippen molar-refractivity contribution in [1.29, 1.82) is 0 Å². The number of carbonyl (C=O) groups excluding carboxylic acids is 1. The summed E-state index contributed by atoms with van der Waals surface area (Å²) >= 11 is 0. The van der Waals surface area contributed by atoms with Crippen LogP contribution in [0, 0.1) is 17.8 Å². The quantitative estimate of drug-likeness (QED) is 0.755. The molecule has 3 rings (SSSR count). The molecule has 1 aromatic carbocycles. The summed E-state index contributed by atoms with van der Waals surface area (Å²) in [6.45, 7) is 4.01. The maximum atomic E-state index is 12.3. The average Bonchev–Trinajstić information content (AvgIpc) is 2.95. The molecule has 2 heteroatoms. The summed E-state index contributed by atoms with van der Waals surface area (Å²) in [6.07, 6.45) is 3.78. The first-order valence-corrected chi connectivity index (χ1v) is 6.94. The van der Waals surface area contributed by atoms with E-state index in [4.69, 9.17) is 4.74 Å². The number of Topliss-reactive ketones (excluding diaryl/α,β-unsaturated/α-hetero) is 1. The van der Waals surface area contributed by atoms with Crippen LogP contribution in [0.1, 0.15) is 43.5 Å². The van der Waals surface area contributed by atoms with E-state index in [2.05, 4.69) is 0 Å². The Labute approximate surface area is 108 Å². The molecule has 2 atom stereocenters. The van der Waals surface area contributed by atoms with Crippen molar-refractivity contribution in [2.24, 2.45) is 17.8 Å². The molecule has 2 aliphatic carbocycles. The number of fused-ring (bicyclic) bond motifs is 1. The highest BCUT2D eigenvalue weighted by atomic mass is 16.5. The Bertz CT molecular complexity index is 437. The predicted molar refractivity (Wildman–Crippen MR) is 70.9 cm³/mol. The van der Waals surface area contributed by atoms with E-state index in [1.807, 2.05) is 38.1 Å². The number of benzene rings is 1. The zero-order valence-electron chi connectivity index (χ0n) is 11.1. The Morgan fingerprint density at radius 3 is 2.28 bits per heavy atom. The Kier molecular flexibility index (Phi) is 2.89. The molecular weight excluding hydrogens is 224 g/mol. The number of hydrogen-bond acceptors (Lipinski definition) is 2. The van der Waals surface area contributed by atoms with Crippen molar-refractivity contribution >= 4 is 5.78 Å². The summed E-state index contributed by atoms with van der Waals surface area (Å²) in [4.78, 5) is 12.3. The zero-order valence-corrected chi connectivity index (χ0v) is 11.1. The van der Waals surface area contributed by atoms with Crippen molar-refractivity contribution in [2.45, 2.75) is 39.2 Å². The largest absolute Gasteiger partial charge is 0.491 e. The van der Waals surface area contributed by atoms with Gasteiger partial charge in [0.25, 0.3) is 0 Å². The fourth-order valence-corrected chi connectivity index (χ4v) is 3.13. The molecule has 2 aliphatic rings. The molecule has 2 unspecified atom stereocenters. The number of ketones is 1. The highest BCUT2D eigenvalue weighted by Gasteiger charge is 2.47. The molecule has 2 fully saturated rings. The third kappa shape index (κ3) is 2.29. The molecule has 96 valence electrons. The number of carbonyl (C=O) groups is 1. The van der Waals surface area contributed by atoms with Gasteiger partial charge in [0.05, 0.1) is 6.10 Å². The fraction of sp³-hybridized carbons (Fsp3) is 0.562. The molecule has 0 bridgehead atoms. The lowest BCUT2D eigenvalue weighted by Crippen LogP contribution is -2.13. The van der Waals surface area contributed by atoms with E-state index in [-0.39, 0.29) is 12.0 Å². The lowest BCUT2D eigenvalue weighted by molar-refractivity contribution is 0.0914. The van der Waals surface area contributed by atoms with Crippen LogP contribution in [0.25, 0.3) is 0 Å². The summed E-state index contributed by atoms with van der Waals surface area (Å²) in [5, 5.41) is 0. The molecule has 0 aliphatic heterocycles. The zero-order chi connectivity index (χ0) is 12.7. The smallest absolute Gasteiger partial charge is 0.165 e. The molecule has 0 heterocycles. The van der Waals surface area contributed by atoms with E-state index >= 15 is 0 Å². The van der Waals surface area contributed by atoms with Gasteiger partial charge in [0.1, 0.15) is 5.75 Å². The van der Waals surface area contributed by atoms with Gasteiger partial charge in [0, 0.05) is 11.5 Å². The van der Waals surface area contributed by atoms with Gasteiger partial charge in [0.2, 0.25) is 0 Å². The third-order valence-electron chi connectivity index (χ3n) is 4.12. The van der Waals surface area contributed by atoms with E-state index in [9.17, 15) is 4.79 Å². The van der Waals surface area contributed by atoms with E-state index in [0.29, 0.717) is 5.78 Å². The van der Waals surface area contributed by atoms with E-state index in [1.54, 1.807) is 0 Å². The first kappa shape index (κ1) is 11.8. The second-order valence-corrected chi connectivity index (χ2v) is 5.98. The van der Waals surface area contributed by atoms with Crippen LogP contribution in [0.2, 0.25) is 0 Å². The number of ether oxygens (including phenoxy) is 1. The van der Waals surface area contributed by atoms with Gasteiger partial charge in [-0.3, -0.25) is 4.79 Å². The Morgan fingerprint density at radius 2 is 1.72 bits per heavy atom. The van der Waals surface area contributed by atoms with Gasteiger partial charge < -0.3 is 4.74 Å². The minimum atomic E-state index is 0.175. The van der Waals surface area contributed by atoms with Gasteiger partial charge in [-0.2, -0.15) is 0 Å². The molecule has 0 aromatic heterocycles. The molecule has 0 spiro atoms. The minimum absolute atomic E-state index is 0.175. The highest BCUT2D eigenvalue weighted by Crippen LogP contribution is 2.54. The third-order valence-corrected chi connectivity index (χ3v) is 4.12. The Morgan fingerprint density at radius 1 is 1.11 bits per heavy atom. The monoisotopic (exact) mass is 244 g/mol. The van der Waals surface area contributed by atoms with E-state index < -0.39 is 0 Å². The first-order chi connectivity index (χ1) is 8.63. The topological polar surface area (TPSA) is 26.3 Å². The van der Waals surface area contributed by atoms with Crippen LogP contribution < -0.4 is 4.74 Å².